The molecule has 0 saturated heterocycles. The Labute approximate surface area is 220 Å². The summed E-state index contributed by atoms with van der Waals surface area (Å²) in [6.07, 6.45) is -4.84. The topological polar surface area (TPSA) is 110 Å². The minimum atomic E-state index is -4.91. The number of amides is 1. The summed E-state index contributed by atoms with van der Waals surface area (Å²) < 4.78 is 49.2. The van der Waals surface area contributed by atoms with Gasteiger partial charge in [0.2, 0.25) is 0 Å². The number of H-pyrrole nitrogens is 1. The van der Waals surface area contributed by atoms with Crippen molar-refractivity contribution in [2.45, 2.75) is 43.9 Å². The van der Waals surface area contributed by atoms with E-state index in [1.165, 1.54) is 0 Å². The van der Waals surface area contributed by atoms with Gasteiger partial charge in [0.05, 0.1) is 19.2 Å². The van der Waals surface area contributed by atoms with Crippen molar-refractivity contribution in [1.29, 1.82) is 5.26 Å². The van der Waals surface area contributed by atoms with E-state index < -0.39 is 36.1 Å². The van der Waals surface area contributed by atoms with Gasteiger partial charge in [-0.3, -0.25) is 4.79 Å². The lowest BCUT2D eigenvalue weighted by atomic mass is 9.74. The number of fused-ring (bicyclic) bond motifs is 2. The Morgan fingerprint density at radius 3 is 2.70 bits per heavy atom. The highest BCUT2D eigenvalue weighted by atomic mass is 79.9. The second kappa shape index (κ2) is 9.91. The molecular formula is C26H26BrF3N4O3. The molecule has 2 heterocycles. The first-order valence-corrected chi connectivity index (χ1v) is 12.4. The average molecular weight is 579 g/mol. The van der Waals surface area contributed by atoms with E-state index in [2.05, 4.69) is 31.5 Å². The summed E-state index contributed by atoms with van der Waals surface area (Å²) in [5, 5.41) is 25.3. The molecule has 0 spiro atoms. The van der Waals surface area contributed by atoms with E-state index in [1.807, 2.05) is 12.1 Å². The van der Waals surface area contributed by atoms with Gasteiger partial charge in [0.1, 0.15) is 18.1 Å². The van der Waals surface area contributed by atoms with Gasteiger partial charge in [-0.15, -0.1) is 0 Å². The molecule has 1 amide bonds. The average Bonchev–Trinajstić information content (AvgIpc) is 3.45. The number of benzene rings is 2. The van der Waals surface area contributed by atoms with Crippen molar-refractivity contribution >= 4 is 38.6 Å². The zero-order chi connectivity index (χ0) is 27.0. The smallest absolute Gasteiger partial charge is 0.418 e. The van der Waals surface area contributed by atoms with Crippen molar-refractivity contribution in [3.8, 4) is 11.8 Å². The van der Waals surface area contributed by atoms with Crippen LogP contribution < -0.4 is 15.4 Å². The van der Waals surface area contributed by atoms with Gasteiger partial charge in [0.25, 0.3) is 5.91 Å². The number of alkyl halides is 3. The minimum absolute atomic E-state index is 0.141. The molecule has 0 radical (unpaired) electrons. The number of halogens is 4. The maximum Gasteiger partial charge on any atom is 0.418 e. The van der Waals surface area contributed by atoms with Gasteiger partial charge in [-0.25, -0.2) is 0 Å². The van der Waals surface area contributed by atoms with Gasteiger partial charge in [-0.1, -0.05) is 29.8 Å². The van der Waals surface area contributed by atoms with Crippen LogP contribution in [0.2, 0.25) is 0 Å². The van der Waals surface area contributed by atoms with E-state index in [0.29, 0.717) is 40.8 Å². The Morgan fingerprint density at radius 2 is 2.00 bits per heavy atom. The number of nitrogens with one attached hydrogen (secondary N) is 3. The van der Waals surface area contributed by atoms with E-state index in [0.717, 1.165) is 10.0 Å². The summed E-state index contributed by atoms with van der Waals surface area (Å²) >= 11 is 3.44. The van der Waals surface area contributed by atoms with Gasteiger partial charge < -0.3 is 25.5 Å². The molecule has 1 aromatic heterocycles. The minimum Gasteiger partial charge on any atom is -0.493 e. The van der Waals surface area contributed by atoms with Crippen molar-refractivity contribution in [3.63, 3.8) is 0 Å². The number of aliphatic hydroxyl groups is 1. The number of carbonyl (C=O) groups excluding carboxylic acids is 1. The van der Waals surface area contributed by atoms with Gasteiger partial charge >= 0.3 is 6.18 Å². The summed E-state index contributed by atoms with van der Waals surface area (Å²) in [4.78, 5) is 15.1. The predicted molar refractivity (Wildman–Crippen MR) is 137 cm³/mol. The molecule has 0 fully saturated rings. The molecule has 4 N–H and O–H groups in total. The summed E-state index contributed by atoms with van der Waals surface area (Å²) in [7, 11) is 0. The number of hydrogen-bond acceptors (Lipinski definition) is 5. The number of nitrogens with zero attached hydrogens (tertiary/aromatic N) is 1. The molecule has 1 aliphatic rings. The van der Waals surface area contributed by atoms with Crippen molar-refractivity contribution < 1.29 is 27.8 Å². The lowest BCUT2D eigenvalue weighted by molar-refractivity contribution is -0.260. The third-order valence-electron chi connectivity index (χ3n) is 6.52. The fraction of sp³-hybridized carbons (Fsp3) is 0.385. The van der Waals surface area contributed by atoms with Crippen LogP contribution >= 0.6 is 15.9 Å². The van der Waals surface area contributed by atoms with Crippen molar-refractivity contribution in [1.82, 2.24) is 10.3 Å². The van der Waals surface area contributed by atoms with Crippen LogP contribution in [0.15, 0.2) is 40.9 Å². The highest BCUT2D eigenvalue weighted by Crippen LogP contribution is 2.46. The Bertz CT molecular complexity index is 1380. The normalized spacial score (nSPS) is 15.0. The molecule has 4 rings (SSSR count). The third kappa shape index (κ3) is 5.55. The van der Waals surface area contributed by atoms with E-state index in [4.69, 9.17) is 10.00 Å². The molecule has 2 aromatic carbocycles. The Hall–Kier alpha value is -3.23. The molecule has 37 heavy (non-hydrogen) atoms. The van der Waals surface area contributed by atoms with Crippen LogP contribution in [0.5, 0.6) is 5.75 Å². The molecule has 1 aliphatic heterocycles. The van der Waals surface area contributed by atoms with E-state index in [-0.39, 0.29) is 12.4 Å². The predicted octanol–water partition coefficient (Wildman–Crippen LogP) is 5.19. The molecular weight excluding hydrogens is 553 g/mol. The molecule has 0 bridgehead atoms. The van der Waals surface area contributed by atoms with Crippen LogP contribution in [0.3, 0.4) is 0 Å². The molecule has 7 nitrogen and oxygen atoms in total. The number of carbonyl (C=O) groups is 1. The van der Waals surface area contributed by atoms with Crippen molar-refractivity contribution in [3.05, 3.63) is 57.6 Å². The Morgan fingerprint density at radius 1 is 1.24 bits per heavy atom. The highest BCUT2D eigenvalue weighted by molar-refractivity contribution is 9.10. The number of rotatable bonds is 8. The fourth-order valence-corrected chi connectivity index (χ4v) is 5.20. The van der Waals surface area contributed by atoms with Gasteiger partial charge in [0, 0.05) is 32.9 Å². The SMILES string of the molecule is CC(C)(CC(O)(CNc1cc2cc(C(=O)NCC#N)ccc2[nH]1)C(F)(F)F)c1cc(Br)cc2c1OCC2. The first kappa shape index (κ1) is 26.8. The second-order valence-corrected chi connectivity index (χ2v) is 10.7. The first-order chi connectivity index (χ1) is 17.3. The number of nitriles is 1. The molecule has 11 heteroatoms. The lowest BCUT2D eigenvalue weighted by Crippen LogP contribution is -2.53. The summed E-state index contributed by atoms with van der Waals surface area (Å²) in [5.41, 5.74) is -1.70. The summed E-state index contributed by atoms with van der Waals surface area (Å²) in [6.45, 7) is 2.85. The summed E-state index contributed by atoms with van der Waals surface area (Å²) in [6, 6.07) is 11.8. The molecule has 196 valence electrons. The van der Waals surface area contributed by atoms with Crippen LogP contribution in [0.25, 0.3) is 10.9 Å². The van der Waals surface area contributed by atoms with E-state index in [9.17, 15) is 23.1 Å². The number of anilines is 1. The maximum atomic E-state index is 14.2. The zero-order valence-corrected chi connectivity index (χ0v) is 21.8. The van der Waals surface area contributed by atoms with Gasteiger partial charge in [-0.05, 0) is 53.8 Å². The van der Waals surface area contributed by atoms with Crippen LogP contribution in [-0.4, -0.2) is 47.5 Å². The van der Waals surface area contributed by atoms with Crippen LogP contribution in [0.4, 0.5) is 19.0 Å². The van der Waals surface area contributed by atoms with Gasteiger partial charge in [0.15, 0.2) is 5.60 Å². The fourth-order valence-electron chi connectivity index (χ4n) is 4.69. The van der Waals surface area contributed by atoms with Crippen LogP contribution in [0.1, 0.15) is 41.8 Å². The third-order valence-corrected chi connectivity index (χ3v) is 6.98. The first-order valence-electron chi connectivity index (χ1n) is 11.6. The quantitative estimate of drug-likeness (QED) is 0.275. The number of hydrogen-bond donors (Lipinski definition) is 4. The lowest BCUT2D eigenvalue weighted by Gasteiger charge is -2.38. The molecule has 0 saturated carbocycles. The van der Waals surface area contributed by atoms with E-state index in [1.54, 1.807) is 44.2 Å². The number of aromatic amines is 1. The van der Waals surface area contributed by atoms with E-state index >= 15 is 0 Å². The standard InChI is InChI=1S/C26H26BrF3N4O3/c1-24(2,19-12-18(27)10-15-5-8-37-22(15)19)13-25(36,26(28,29)30)14-33-21-11-17-9-16(3-4-20(17)34-21)23(35)32-7-6-31/h3-4,9-12,33-34,36H,5,7-8,13-14H2,1-2H3,(H,32,35). The Balaban J connectivity index is 1.56. The Kier molecular flexibility index (Phi) is 7.18. The molecule has 1 atom stereocenters. The molecule has 0 aliphatic carbocycles. The van der Waals surface area contributed by atoms with Crippen molar-refractivity contribution in [2.24, 2.45) is 0 Å². The van der Waals surface area contributed by atoms with Crippen LogP contribution in [-0.2, 0) is 11.8 Å². The van der Waals surface area contributed by atoms with Crippen LogP contribution in [0, 0.1) is 11.3 Å². The van der Waals surface area contributed by atoms with Crippen molar-refractivity contribution in [2.75, 3.05) is 25.0 Å². The molecule has 1 unspecified atom stereocenters. The molecule has 3 aromatic rings. The largest absolute Gasteiger partial charge is 0.493 e. The maximum absolute atomic E-state index is 14.2. The second-order valence-electron chi connectivity index (χ2n) is 9.81. The number of ether oxygens (including phenoxy) is 1. The van der Waals surface area contributed by atoms with Gasteiger partial charge in [-0.2, -0.15) is 18.4 Å². The monoisotopic (exact) mass is 578 g/mol. The summed E-state index contributed by atoms with van der Waals surface area (Å²) in [5.74, 6) is 0.406. The highest BCUT2D eigenvalue weighted by Gasteiger charge is 2.56. The zero-order valence-electron chi connectivity index (χ0n) is 20.2. The number of aromatic nitrogens is 1.